The van der Waals surface area contributed by atoms with Crippen molar-refractivity contribution in [3.63, 3.8) is 0 Å². The van der Waals surface area contributed by atoms with E-state index in [1.165, 1.54) is 41.2 Å². The molecule has 4 aromatic rings. The molecule has 10 heteroatoms. The van der Waals surface area contributed by atoms with Gasteiger partial charge in [-0.1, -0.05) is 23.7 Å². The molecule has 4 rings (SSSR count). The second-order valence-electron chi connectivity index (χ2n) is 7.32. The fraction of sp³-hybridized carbons (Fsp3) is 0.182. The van der Waals surface area contributed by atoms with Crippen molar-refractivity contribution in [3.8, 4) is 11.3 Å². The number of aromatic nitrogens is 3. The van der Waals surface area contributed by atoms with Crippen LogP contribution >= 0.6 is 22.9 Å². The van der Waals surface area contributed by atoms with E-state index in [-0.39, 0.29) is 10.9 Å². The molecule has 2 aromatic carbocycles. The van der Waals surface area contributed by atoms with Crippen LogP contribution in [0, 0.1) is 5.82 Å². The first kappa shape index (κ1) is 21.9. The Bertz CT molecular complexity index is 1490. The van der Waals surface area contributed by atoms with E-state index in [2.05, 4.69) is 10.3 Å². The van der Waals surface area contributed by atoms with Gasteiger partial charge in [0.25, 0.3) is 5.56 Å². The van der Waals surface area contributed by atoms with Gasteiger partial charge in [-0.15, -0.1) is 11.3 Å². The van der Waals surface area contributed by atoms with Gasteiger partial charge < -0.3 is 5.32 Å². The average molecular weight is 473 g/mol. The van der Waals surface area contributed by atoms with Gasteiger partial charge in [0.1, 0.15) is 5.82 Å². The Morgan fingerprint density at radius 2 is 1.94 bits per heavy atom. The SMILES string of the molecule is CC(C(=O)Nc1nc(-c2ccc(F)cc2Cl)cs1)c1cccc2c1c(=O)n(C)c(=O)n2C. The third kappa shape index (κ3) is 3.74. The molecule has 0 saturated carbocycles. The van der Waals surface area contributed by atoms with E-state index in [0.29, 0.717) is 32.9 Å². The Labute approximate surface area is 190 Å². The number of aryl methyl sites for hydroxylation is 1. The van der Waals surface area contributed by atoms with Crippen molar-refractivity contribution in [2.45, 2.75) is 12.8 Å². The van der Waals surface area contributed by atoms with Crippen LogP contribution in [0.25, 0.3) is 22.2 Å². The van der Waals surface area contributed by atoms with E-state index in [0.717, 1.165) is 4.57 Å². The quantitative estimate of drug-likeness (QED) is 0.488. The molecule has 0 aliphatic rings. The number of nitrogens with zero attached hydrogens (tertiary/aromatic N) is 3. The molecule has 0 bridgehead atoms. The van der Waals surface area contributed by atoms with E-state index in [1.807, 2.05) is 0 Å². The largest absolute Gasteiger partial charge is 0.330 e. The number of benzene rings is 2. The van der Waals surface area contributed by atoms with Crippen molar-refractivity contribution < 1.29 is 9.18 Å². The number of hydrogen-bond donors (Lipinski definition) is 1. The summed E-state index contributed by atoms with van der Waals surface area (Å²) in [6.45, 7) is 1.68. The van der Waals surface area contributed by atoms with E-state index >= 15 is 0 Å². The van der Waals surface area contributed by atoms with Crippen molar-refractivity contribution >= 4 is 44.9 Å². The van der Waals surface area contributed by atoms with Crippen LogP contribution in [-0.2, 0) is 18.9 Å². The van der Waals surface area contributed by atoms with Crippen LogP contribution in [0.2, 0.25) is 5.02 Å². The zero-order valence-electron chi connectivity index (χ0n) is 17.3. The van der Waals surface area contributed by atoms with Gasteiger partial charge in [0.05, 0.1) is 27.5 Å². The first-order chi connectivity index (χ1) is 15.2. The minimum absolute atomic E-state index is 0.221. The van der Waals surface area contributed by atoms with E-state index in [4.69, 9.17) is 11.6 Å². The maximum atomic E-state index is 13.3. The lowest BCUT2D eigenvalue weighted by Gasteiger charge is -2.15. The number of carbonyl (C=O) groups is 1. The number of anilines is 1. The lowest BCUT2D eigenvalue weighted by Crippen LogP contribution is -2.37. The zero-order chi connectivity index (χ0) is 23.2. The number of nitrogens with one attached hydrogen (secondary N) is 1. The smallest absolute Gasteiger partial charge is 0.301 e. The Hall–Kier alpha value is -3.30. The highest BCUT2D eigenvalue weighted by molar-refractivity contribution is 7.14. The highest BCUT2D eigenvalue weighted by Gasteiger charge is 2.22. The van der Waals surface area contributed by atoms with Crippen LogP contribution in [0.15, 0.2) is 51.4 Å². The Morgan fingerprint density at radius 3 is 2.66 bits per heavy atom. The van der Waals surface area contributed by atoms with Crippen molar-refractivity contribution in [1.82, 2.24) is 14.1 Å². The normalized spacial score (nSPS) is 12.2. The van der Waals surface area contributed by atoms with Crippen LogP contribution in [-0.4, -0.2) is 20.0 Å². The summed E-state index contributed by atoms with van der Waals surface area (Å²) in [5.74, 6) is -1.50. The van der Waals surface area contributed by atoms with Crippen LogP contribution in [0.1, 0.15) is 18.4 Å². The third-order valence-corrected chi connectivity index (χ3v) is 6.40. The third-order valence-electron chi connectivity index (χ3n) is 5.33. The molecule has 164 valence electrons. The van der Waals surface area contributed by atoms with E-state index < -0.39 is 23.0 Å². The van der Waals surface area contributed by atoms with Gasteiger partial charge in [-0.05, 0) is 36.8 Å². The van der Waals surface area contributed by atoms with E-state index in [9.17, 15) is 18.8 Å². The number of hydrogen-bond acceptors (Lipinski definition) is 5. The summed E-state index contributed by atoms with van der Waals surface area (Å²) in [6.07, 6.45) is 0. The molecule has 0 radical (unpaired) electrons. The van der Waals surface area contributed by atoms with Gasteiger partial charge in [-0.25, -0.2) is 14.2 Å². The van der Waals surface area contributed by atoms with Gasteiger partial charge in [0.15, 0.2) is 5.13 Å². The monoisotopic (exact) mass is 472 g/mol. The second-order valence-corrected chi connectivity index (χ2v) is 8.59. The number of thiazole rings is 1. The summed E-state index contributed by atoms with van der Waals surface area (Å²) >= 11 is 7.30. The van der Waals surface area contributed by atoms with Crippen LogP contribution in [0.3, 0.4) is 0 Å². The highest BCUT2D eigenvalue weighted by atomic mass is 35.5. The molecule has 1 N–H and O–H groups in total. The standard InChI is InChI=1S/C22H18ClFN4O3S/c1-11(13-5-4-6-17-18(13)20(30)28(3)22(31)27(17)2)19(29)26-21-25-16(10-32-21)14-8-7-12(24)9-15(14)23/h4-11H,1-3H3,(H,25,26,29). The van der Waals surface area contributed by atoms with Crippen molar-refractivity contribution in [2.75, 3.05) is 5.32 Å². The van der Waals surface area contributed by atoms with Crippen LogP contribution in [0.5, 0.6) is 0 Å². The first-order valence-electron chi connectivity index (χ1n) is 9.59. The molecular formula is C22H18ClFN4O3S. The fourth-order valence-electron chi connectivity index (χ4n) is 3.52. The molecule has 7 nitrogen and oxygen atoms in total. The molecule has 0 aliphatic heterocycles. The van der Waals surface area contributed by atoms with Gasteiger partial charge in [-0.2, -0.15) is 0 Å². The topological polar surface area (TPSA) is 86.0 Å². The minimum Gasteiger partial charge on any atom is -0.301 e. The first-order valence-corrected chi connectivity index (χ1v) is 10.8. The summed E-state index contributed by atoms with van der Waals surface area (Å²) in [6, 6.07) is 9.09. The Kier molecular flexibility index (Phi) is 5.70. The van der Waals surface area contributed by atoms with Crippen molar-refractivity contribution in [2.24, 2.45) is 14.1 Å². The zero-order valence-corrected chi connectivity index (χ0v) is 18.9. The van der Waals surface area contributed by atoms with Crippen molar-refractivity contribution in [3.05, 3.63) is 79.0 Å². The van der Waals surface area contributed by atoms with E-state index in [1.54, 1.807) is 37.6 Å². The Morgan fingerprint density at radius 1 is 1.19 bits per heavy atom. The molecular weight excluding hydrogens is 455 g/mol. The van der Waals surface area contributed by atoms with Gasteiger partial charge in [0.2, 0.25) is 5.91 Å². The van der Waals surface area contributed by atoms with Crippen molar-refractivity contribution in [1.29, 1.82) is 0 Å². The number of amides is 1. The second kappa shape index (κ2) is 8.33. The maximum absolute atomic E-state index is 13.3. The molecule has 2 aromatic heterocycles. The summed E-state index contributed by atoms with van der Waals surface area (Å²) in [5, 5.41) is 5.35. The summed E-state index contributed by atoms with van der Waals surface area (Å²) < 4.78 is 15.7. The lowest BCUT2D eigenvalue weighted by atomic mass is 9.96. The number of fused-ring (bicyclic) bond motifs is 1. The Balaban J connectivity index is 1.66. The predicted octanol–water partition coefficient (Wildman–Crippen LogP) is 3.90. The van der Waals surface area contributed by atoms with Crippen LogP contribution in [0.4, 0.5) is 9.52 Å². The fourth-order valence-corrected chi connectivity index (χ4v) is 4.50. The molecule has 1 atom stereocenters. The lowest BCUT2D eigenvalue weighted by molar-refractivity contribution is -0.117. The average Bonchev–Trinajstić information content (AvgIpc) is 3.23. The van der Waals surface area contributed by atoms with Crippen LogP contribution < -0.4 is 16.6 Å². The predicted molar refractivity (Wildman–Crippen MR) is 124 cm³/mol. The number of carbonyl (C=O) groups excluding carboxylic acids is 1. The molecule has 1 amide bonds. The van der Waals surface area contributed by atoms with Gasteiger partial charge in [-0.3, -0.25) is 18.7 Å². The van der Waals surface area contributed by atoms with Gasteiger partial charge >= 0.3 is 5.69 Å². The molecule has 0 spiro atoms. The highest BCUT2D eigenvalue weighted by Crippen LogP contribution is 2.32. The summed E-state index contributed by atoms with van der Waals surface area (Å²) in [5.41, 5.74) is 1.13. The molecule has 1 unspecified atom stereocenters. The van der Waals surface area contributed by atoms with Gasteiger partial charge in [0, 0.05) is 25.0 Å². The summed E-state index contributed by atoms with van der Waals surface area (Å²) in [4.78, 5) is 42.4. The number of halogens is 2. The molecule has 32 heavy (non-hydrogen) atoms. The maximum Gasteiger partial charge on any atom is 0.330 e. The molecule has 0 aliphatic carbocycles. The minimum atomic E-state index is -0.689. The molecule has 0 saturated heterocycles. The number of rotatable bonds is 4. The summed E-state index contributed by atoms with van der Waals surface area (Å²) in [7, 11) is 2.99. The molecule has 0 fully saturated rings. The molecule has 2 heterocycles.